The lowest BCUT2D eigenvalue weighted by Crippen LogP contribution is -2.07. The van der Waals surface area contributed by atoms with Crippen molar-refractivity contribution in [1.29, 1.82) is 0 Å². The monoisotopic (exact) mass is 1080 g/mol. The van der Waals surface area contributed by atoms with E-state index in [0.29, 0.717) is 17.6 Å². The van der Waals surface area contributed by atoms with Gasteiger partial charge >= 0.3 is 0 Å². The van der Waals surface area contributed by atoms with Gasteiger partial charge in [0, 0.05) is 91.5 Å². The van der Waals surface area contributed by atoms with Crippen molar-refractivity contribution in [2.75, 3.05) is 0 Å². The van der Waals surface area contributed by atoms with Crippen LogP contribution >= 0.6 is 11.3 Å². The molecule has 0 aliphatic heterocycles. The largest absolute Gasteiger partial charge is 0.309 e. The lowest BCUT2D eigenvalue weighted by molar-refractivity contribution is 0.953. The lowest BCUT2D eigenvalue weighted by Gasteiger charge is -2.15. The molecule has 18 rings (SSSR count). The fourth-order valence-electron chi connectivity index (χ4n) is 13.4. The number of hydrogen-bond donors (Lipinski definition) is 0. The van der Waals surface area contributed by atoms with Crippen LogP contribution in [0.25, 0.3) is 164 Å². The average Bonchev–Trinajstić information content (AvgIpc) is 1.76. The fourth-order valence-corrected chi connectivity index (χ4v) is 14.5. The predicted octanol–water partition coefficient (Wildman–Crippen LogP) is 19.6. The Balaban J connectivity index is 0.905. The van der Waals surface area contributed by atoms with Gasteiger partial charge in [0.15, 0.2) is 11.6 Å². The van der Waals surface area contributed by atoms with Crippen LogP contribution in [0.4, 0.5) is 0 Å². The molecule has 0 radical (unpaired) electrons. The topological polar surface area (TPSA) is 58.4 Å². The molecule has 83 heavy (non-hydrogen) atoms. The minimum absolute atomic E-state index is 0.548. The summed E-state index contributed by atoms with van der Waals surface area (Å²) in [4.78, 5) is 16.0. The molecule has 0 amide bonds. The molecule has 0 spiro atoms. The van der Waals surface area contributed by atoms with Crippen LogP contribution in [-0.2, 0) is 0 Å². The summed E-state index contributed by atoms with van der Waals surface area (Å²) >= 11 is 1.86. The molecule has 6 aromatic heterocycles. The number of nitrogens with zero attached hydrogens (tertiary/aromatic N) is 7. The molecule has 0 aliphatic carbocycles. The van der Waals surface area contributed by atoms with Crippen molar-refractivity contribution in [3.8, 4) is 56.9 Å². The Kier molecular flexibility index (Phi) is 9.83. The molecule has 0 saturated heterocycles. The first-order valence-corrected chi connectivity index (χ1v) is 28.9. The molecule has 0 saturated carbocycles. The Labute approximate surface area is 479 Å². The minimum atomic E-state index is 0.548. The summed E-state index contributed by atoms with van der Waals surface area (Å²) in [6.45, 7) is 0. The van der Waals surface area contributed by atoms with Crippen LogP contribution < -0.4 is 0 Å². The zero-order chi connectivity index (χ0) is 54.3. The van der Waals surface area contributed by atoms with Gasteiger partial charge in [-0.15, -0.1) is 11.3 Å². The van der Waals surface area contributed by atoms with E-state index in [-0.39, 0.29) is 0 Å². The maximum atomic E-state index is 5.41. The number of rotatable bonds is 7. The highest BCUT2D eigenvalue weighted by Gasteiger charge is 2.27. The maximum Gasteiger partial charge on any atom is 0.238 e. The van der Waals surface area contributed by atoms with Gasteiger partial charge in [-0.2, -0.15) is 9.97 Å². The Bertz CT molecular complexity index is 5580. The molecule has 0 N–H and O–H groups in total. The molecule has 386 valence electrons. The zero-order valence-corrected chi connectivity index (χ0v) is 45.3. The van der Waals surface area contributed by atoms with E-state index in [1.54, 1.807) is 0 Å². The predicted molar refractivity (Wildman–Crippen MR) is 346 cm³/mol. The standard InChI is InChI=1S/C75H45N7S/c1-4-20-46(21-5-1)73-76-74(47-22-6-2-7-23-47)78-75(77-73)82-65-34-18-13-29-55(65)61-45-58(70-57-30-14-19-35-66(57)81(72(70)71(61)82)49-24-8-3-9-25-49)48-36-39-56-54-28-12-17-33-64(54)80(67(56)42-48)51-38-41-69-60(44-51)59-43-50(37-40-68(59)83-69)79-62-31-15-10-26-52(62)53-27-11-16-32-63(53)79/h1-45H. The van der Waals surface area contributed by atoms with Crippen molar-refractivity contribution in [2.24, 2.45) is 0 Å². The van der Waals surface area contributed by atoms with Gasteiger partial charge in [0.25, 0.3) is 0 Å². The molecule has 0 fully saturated rings. The van der Waals surface area contributed by atoms with Gasteiger partial charge in [0.05, 0.1) is 44.1 Å². The van der Waals surface area contributed by atoms with Gasteiger partial charge in [0.1, 0.15) is 0 Å². The van der Waals surface area contributed by atoms with Gasteiger partial charge in [-0.25, -0.2) is 4.98 Å². The molecular formula is C75H45N7S. The van der Waals surface area contributed by atoms with E-state index in [1.165, 1.54) is 52.8 Å². The van der Waals surface area contributed by atoms with Crippen molar-refractivity contribution in [3.63, 3.8) is 0 Å². The lowest BCUT2D eigenvalue weighted by atomic mass is 9.95. The van der Waals surface area contributed by atoms with Crippen molar-refractivity contribution < 1.29 is 0 Å². The van der Waals surface area contributed by atoms with E-state index < -0.39 is 0 Å². The second-order valence-electron chi connectivity index (χ2n) is 21.5. The SMILES string of the molecule is c1ccc(-c2nc(-c3ccccc3)nc(-n3c4ccccc4c4cc(-c5ccc6c7ccccc7n(-c7ccc8sc9ccc(-n%10c%11ccccc%11c%11ccccc%11%10)cc9c8c7)c6c5)c5c6ccccc6n(-c6ccccc6)c5c43)n2)cc1. The first kappa shape index (κ1) is 45.9. The molecule has 0 atom stereocenters. The van der Waals surface area contributed by atoms with E-state index >= 15 is 0 Å². The van der Waals surface area contributed by atoms with Crippen molar-refractivity contribution in [1.82, 2.24) is 33.2 Å². The van der Waals surface area contributed by atoms with Gasteiger partial charge in [-0.1, -0.05) is 182 Å². The Morgan fingerprint density at radius 1 is 0.253 bits per heavy atom. The summed E-state index contributed by atoms with van der Waals surface area (Å²) < 4.78 is 12.2. The molecule has 0 unspecified atom stereocenters. The van der Waals surface area contributed by atoms with Crippen LogP contribution in [0.1, 0.15) is 0 Å². The third-order valence-electron chi connectivity index (χ3n) is 17.0. The van der Waals surface area contributed by atoms with Crippen LogP contribution in [-0.4, -0.2) is 33.2 Å². The molecule has 0 aliphatic rings. The second kappa shape index (κ2) is 17.8. The summed E-state index contributed by atoms with van der Waals surface area (Å²) in [5.41, 5.74) is 16.4. The van der Waals surface area contributed by atoms with E-state index in [1.807, 2.05) is 47.7 Å². The summed E-state index contributed by atoms with van der Waals surface area (Å²) in [5, 5.41) is 11.9. The zero-order valence-electron chi connectivity index (χ0n) is 44.5. The summed E-state index contributed by atoms with van der Waals surface area (Å²) in [6, 6.07) is 98.8. The number of benzene rings is 12. The van der Waals surface area contributed by atoms with Gasteiger partial charge in [-0.3, -0.25) is 4.57 Å². The number of fused-ring (bicyclic) bond motifs is 16. The Hall–Kier alpha value is -10.9. The molecule has 18 aromatic rings. The molecule has 6 heterocycles. The van der Waals surface area contributed by atoms with Crippen molar-refractivity contribution >= 4 is 119 Å². The Morgan fingerprint density at radius 3 is 1.23 bits per heavy atom. The van der Waals surface area contributed by atoms with Crippen LogP contribution in [0.3, 0.4) is 0 Å². The molecule has 7 nitrogen and oxygen atoms in total. The third kappa shape index (κ3) is 6.81. The highest BCUT2D eigenvalue weighted by Crippen LogP contribution is 2.48. The van der Waals surface area contributed by atoms with E-state index in [2.05, 4.69) is 255 Å². The second-order valence-corrected chi connectivity index (χ2v) is 22.6. The summed E-state index contributed by atoms with van der Waals surface area (Å²) in [6.07, 6.45) is 0. The van der Waals surface area contributed by atoms with E-state index in [0.717, 1.165) is 94.0 Å². The highest BCUT2D eigenvalue weighted by molar-refractivity contribution is 7.25. The van der Waals surface area contributed by atoms with Crippen LogP contribution in [0.5, 0.6) is 0 Å². The maximum absolute atomic E-state index is 5.41. The number of para-hydroxylation sites is 6. The van der Waals surface area contributed by atoms with Crippen molar-refractivity contribution in [2.45, 2.75) is 0 Å². The quantitative estimate of drug-likeness (QED) is 0.160. The highest BCUT2D eigenvalue weighted by atomic mass is 32.1. The van der Waals surface area contributed by atoms with Gasteiger partial charge < -0.3 is 13.7 Å². The molecule has 12 aromatic carbocycles. The first-order valence-electron chi connectivity index (χ1n) is 28.1. The number of hydrogen-bond acceptors (Lipinski definition) is 4. The number of aromatic nitrogens is 7. The number of thiophene rings is 1. The third-order valence-corrected chi connectivity index (χ3v) is 18.1. The molecule has 8 heteroatoms. The van der Waals surface area contributed by atoms with E-state index in [4.69, 9.17) is 15.0 Å². The van der Waals surface area contributed by atoms with Crippen LogP contribution in [0, 0.1) is 0 Å². The Morgan fingerprint density at radius 2 is 0.687 bits per heavy atom. The van der Waals surface area contributed by atoms with Crippen molar-refractivity contribution in [3.05, 3.63) is 273 Å². The van der Waals surface area contributed by atoms with Gasteiger partial charge in [-0.05, 0) is 102 Å². The minimum Gasteiger partial charge on any atom is -0.309 e. The summed E-state index contributed by atoms with van der Waals surface area (Å²) in [5.74, 6) is 1.76. The molecular weight excluding hydrogens is 1030 g/mol. The first-order chi connectivity index (χ1) is 41.2. The molecule has 0 bridgehead atoms. The smallest absolute Gasteiger partial charge is 0.238 e. The van der Waals surface area contributed by atoms with E-state index in [9.17, 15) is 0 Å². The normalized spacial score (nSPS) is 12.1. The summed E-state index contributed by atoms with van der Waals surface area (Å²) in [7, 11) is 0. The van der Waals surface area contributed by atoms with Gasteiger partial charge in [0.2, 0.25) is 5.95 Å². The fraction of sp³-hybridized carbons (Fsp3) is 0. The average molecular weight is 1080 g/mol. The van der Waals surface area contributed by atoms with Crippen LogP contribution in [0.15, 0.2) is 273 Å². The van der Waals surface area contributed by atoms with Crippen LogP contribution in [0.2, 0.25) is 0 Å².